The normalized spacial score (nSPS) is 4.00. The zero-order valence-corrected chi connectivity index (χ0v) is 3.30. The van der Waals surface area contributed by atoms with Crippen LogP contribution in [-0.2, 0) is 4.46 Å². The standard InChI is InChI=1S/Li.H2O3Si.H2O.H/c;1-4(2)3;;/h;1-2H;1H2;. The van der Waals surface area contributed by atoms with Gasteiger partial charge in [0.25, 0.3) is 0 Å². The molecule has 0 fully saturated rings. The fourth-order valence-electron chi connectivity index (χ4n) is 0. The van der Waals surface area contributed by atoms with E-state index in [4.69, 9.17) is 14.1 Å². The molecule has 4 nitrogen and oxygen atoms in total. The Hall–Kier alpha value is 0.174. The van der Waals surface area contributed by atoms with Crippen molar-refractivity contribution >= 4 is 28.0 Å². The Morgan fingerprint density at radius 3 is 1.33 bits per heavy atom. The van der Waals surface area contributed by atoms with Crippen molar-refractivity contribution in [2.24, 2.45) is 0 Å². The Morgan fingerprint density at radius 1 is 1.33 bits per heavy atom. The van der Waals surface area contributed by atoms with Crippen LogP contribution in [0, 0.1) is 0 Å². The molecule has 4 N–H and O–H groups in total. The SMILES string of the molecule is O.O=[Si](O)O.[LiH]. The minimum absolute atomic E-state index is 0. The van der Waals surface area contributed by atoms with Gasteiger partial charge in [-0.25, -0.2) is 0 Å². The van der Waals surface area contributed by atoms with Crippen LogP contribution in [0.2, 0.25) is 0 Å². The van der Waals surface area contributed by atoms with E-state index in [1.54, 1.807) is 0 Å². The molecular formula is H5LiO4Si. The van der Waals surface area contributed by atoms with Crippen molar-refractivity contribution in [1.82, 2.24) is 0 Å². The Labute approximate surface area is 48.2 Å². The van der Waals surface area contributed by atoms with Crippen molar-refractivity contribution in [3.63, 3.8) is 0 Å². The van der Waals surface area contributed by atoms with Gasteiger partial charge in [0, 0.05) is 0 Å². The topological polar surface area (TPSA) is 89.0 Å². The quantitative estimate of drug-likeness (QED) is 0.319. The molecule has 0 aromatic heterocycles. The van der Waals surface area contributed by atoms with Crippen molar-refractivity contribution < 1.29 is 19.5 Å². The van der Waals surface area contributed by atoms with Gasteiger partial charge in [-0.1, -0.05) is 0 Å². The summed E-state index contributed by atoms with van der Waals surface area (Å²) in [5.74, 6) is 0. The van der Waals surface area contributed by atoms with Crippen LogP contribution >= 0.6 is 0 Å². The predicted molar refractivity (Wildman–Crippen MR) is 21.6 cm³/mol. The van der Waals surface area contributed by atoms with Gasteiger partial charge in [0.1, 0.15) is 0 Å². The van der Waals surface area contributed by atoms with Crippen molar-refractivity contribution in [2.75, 3.05) is 0 Å². The molecule has 6 heteroatoms. The van der Waals surface area contributed by atoms with Gasteiger partial charge in [-0.3, -0.25) is 4.46 Å². The molecule has 0 heterocycles. The van der Waals surface area contributed by atoms with Crippen molar-refractivity contribution in [3.05, 3.63) is 0 Å². The fourth-order valence-corrected chi connectivity index (χ4v) is 0. The summed E-state index contributed by atoms with van der Waals surface area (Å²) in [5.41, 5.74) is 0. The fraction of sp³-hybridized carbons (Fsp3) is 0. The van der Waals surface area contributed by atoms with E-state index in [2.05, 4.69) is 0 Å². The first-order chi connectivity index (χ1) is 1.73. The third kappa shape index (κ3) is 1380. The van der Waals surface area contributed by atoms with E-state index in [9.17, 15) is 0 Å². The molecule has 0 spiro atoms. The van der Waals surface area contributed by atoms with Crippen LogP contribution in [0.1, 0.15) is 0 Å². The molecule has 0 radical (unpaired) electrons. The average Bonchev–Trinajstić information content (AvgIpc) is 0.811. The van der Waals surface area contributed by atoms with Crippen LogP contribution in [0.3, 0.4) is 0 Å². The van der Waals surface area contributed by atoms with E-state index >= 15 is 0 Å². The second-order valence-electron chi connectivity index (χ2n) is 0.283. The van der Waals surface area contributed by atoms with Gasteiger partial charge in [-0.05, 0) is 0 Å². The third-order valence-electron chi connectivity index (χ3n) is 0. The second kappa shape index (κ2) is 8.95. The van der Waals surface area contributed by atoms with E-state index in [0.717, 1.165) is 0 Å². The molecule has 0 aliphatic carbocycles. The molecule has 0 amide bonds. The van der Waals surface area contributed by atoms with Gasteiger partial charge in [0.2, 0.25) is 0 Å². The first-order valence-electron chi connectivity index (χ1n) is 0.651. The van der Waals surface area contributed by atoms with Crippen LogP contribution < -0.4 is 0 Å². The van der Waals surface area contributed by atoms with Gasteiger partial charge in [0.15, 0.2) is 0 Å². The summed E-state index contributed by atoms with van der Waals surface area (Å²) >= 11 is 0. The summed E-state index contributed by atoms with van der Waals surface area (Å²) in [6.07, 6.45) is 0. The van der Waals surface area contributed by atoms with Crippen LogP contribution in [0.25, 0.3) is 0 Å². The molecule has 0 bridgehead atoms. The van der Waals surface area contributed by atoms with E-state index in [1.165, 1.54) is 0 Å². The first-order valence-corrected chi connectivity index (χ1v) is 1.95. The maximum atomic E-state index is 8.74. The van der Waals surface area contributed by atoms with Crippen LogP contribution in [0.4, 0.5) is 0 Å². The van der Waals surface area contributed by atoms with Gasteiger partial charge >= 0.3 is 28.0 Å². The van der Waals surface area contributed by atoms with Crippen LogP contribution in [0.15, 0.2) is 0 Å². The molecule has 0 rings (SSSR count). The Balaban J connectivity index is -0.0000000450. The number of hydrogen-bond donors (Lipinski definition) is 2. The molecule has 6 heavy (non-hydrogen) atoms. The number of rotatable bonds is 0. The van der Waals surface area contributed by atoms with Crippen molar-refractivity contribution in [3.8, 4) is 0 Å². The Morgan fingerprint density at radius 2 is 1.33 bits per heavy atom. The Bertz CT molecular complexity index is 30.5. The van der Waals surface area contributed by atoms with Crippen molar-refractivity contribution in [1.29, 1.82) is 0 Å². The van der Waals surface area contributed by atoms with Gasteiger partial charge in [-0.2, -0.15) is 0 Å². The van der Waals surface area contributed by atoms with Gasteiger partial charge < -0.3 is 15.1 Å². The van der Waals surface area contributed by atoms with E-state index < -0.39 is 9.17 Å². The molecule has 0 aliphatic rings. The minimum atomic E-state index is -3.13. The summed E-state index contributed by atoms with van der Waals surface area (Å²) in [6, 6.07) is 0. The average molecular weight is 104 g/mol. The summed E-state index contributed by atoms with van der Waals surface area (Å²) < 4.78 is 8.74. The van der Waals surface area contributed by atoms with Gasteiger partial charge in [0.05, 0.1) is 0 Å². The van der Waals surface area contributed by atoms with E-state index in [0.29, 0.717) is 0 Å². The molecule has 0 aliphatic heterocycles. The number of hydrogen-bond acceptors (Lipinski definition) is 1. The first kappa shape index (κ1) is 16.4. The zero-order valence-electron chi connectivity index (χ0n) is 2.30. The van der Waals surface area contributed by atoms with E-state index in [-0.39, 0.29) is 24.3 Å². The molecule has 0 unspecified atom stereocenters. The monoisotopic (exact) mass is 104 g/mol. The molecule has 0 saturated carbocycles. The van der Waals surface area contributed by atoms with Crippen LogP contribution in [-0.4, -0.2) is 43.1 Å². The zero-order chi connectivity index (χ0) is 3.58. The molecule has 0 atom stereocenters. The Kier molecular flexibility index (Phi) is 24.5. The van der Waals surface area contributed by atoms with Gasteiger partial charge in [-0.15, -0.1) is 0 Å². The van der Waals surface area contributed by atoms with E-state index in [1.807, 2.05) is 0 Å². The summed E-state index contributed by atoms with van der Waals surface area (Å²) in [7, 11) is -3.13. The molecule has 0 aromatic carbocycles. The van der Waals surface area contributed by atoms with Crippen molar-refractivity contribution in [2.45, 2.75) is 0 Å². The summed E-state index contributed by atoms with van der Waals surface area (Å²) in [5, 5.41) is 0. The summed E-state index contributed by atoms with van der Waals surface area (Å²) in [6.45, 7) is 0. The second-order valence-corrected chi connectivity index (χ2v) is 0.848. The maximum absolute atomic E-state index is 8.74. The molecule has 0 aromatic rings. The third-order valence-corrected chi connectivity index (χ3v) is 0. The molecule has 0 saturated heterocycles. The summed E-state index contributed by atoms with van der Waals surface area (Å²) in [4.78, 5) is 14.3. The van der Waals surface area contributed by atoms with Crippen LogP contribution in [0.5, 0.6) is 0 Å². The molecule has 34 valence electrons. The predicted octanol–water partition coefficient (Wildman–Crippen LogP) is -3.09. The molecular weight excluding hydrogens is 99.0 g/mol.